The van der Waals surface area contributed by atoms with Gasteiger partial charge in [-0.05, 0) is 30.1 Å². The summed E-state index contributed by atoms with van der Waals surface area (Å²) in [5, 5.41) is 7.58. The molecule has 0 saturated heterocycles. The van der Waals surface area contributed by atoms with Crippen LogP contribution >= 0.6 is 23.2 Å². The zero-order valence-electron chi connectivity index (χ0n) is 8.22. The van der Waals surface area contributed by atoms with E-state index in [1.807, 2.05) is 0 Å². The SMILES string of the molecule is CCOC(C#N)=NC(O)(C(F)(F)Cl)C(F)(F)Cl. The maximum absolute atomic E-state index is 12.7. The molecule has 0 aliphatic carbocycles. The fraction of sp³-hybridized carbons (Fsp3) is 0.714. The first-order valence-electron chi connectivity index (χ1n) is 3.98. The van der Waals surface area contributed by atoms with E-state index in [9.17, 15) is 17.6 Å². The minimum atomic E-state index is -4.91. The van der Waals surface area contributed by atoms with Crippen molar-refractivity contribution in [1.82, 2.24) is 0 Å². The van der Waals surface area contributed by atoms with Gasteiger partial charge >= 0.3 is 16.5 Å². The molecule has 0 bridgehead atoms. The summed E-state index contributed by atoms with van der Waals surface area (Å²) in [7, 11) is 0. The van der Waals surface area contributed by atoms with Gasteiger partial charge in [-0.15, -0.1) is 0 Å². The molecular weight excluding hydrogens is 291 g/mol. The lowest BCUT2D eigenvalue weighted by molar-refractivity contribution is -0.212. The number of halogens is 6. The first-order valence-corrected chi connectivity index (χ1v) is 4.73. The average Bonchev–Trinajstić information content (AvgIpc) is 2.13. The summed E-state index contributed by atoms with van der Waals surface area (Å²) in [4.78, 5) is 2.38. The van der Waals surface area contributed by atoms with E-state index < -0.39 is 22.4 Å². The number of nitriles is 1. The maximum Gasteiger partial charge on any atom is 0.378 e. The summed E-state index contributed by atoms with van der Waals surface area (Å²) in [5.74, 6) is -1.20. The van der Waals surface area contributed by atoms with Crippen LogP contribution in [0.2, 0.25) is 0 Å². The number of alkyl halides is 6. The van der Waals surface area contributed by atoms with Crippen LogP contribution in [0.25, 0.3) is 0 Å². The first kappa shape index (κ1) is 16.2. The summed E-state index contributed by atoms with van der Waals surface area (Å²) in [6.07, 6.45) is 0. The zero-order valence-corrected chi connectivity index (χ0v) is 9.74. The standard InChI is InChI=1S/C7H6Cl2F4N2O2/c1-2-17-4(3-14)15-5(16,6(8,10)11)7(9,12)13/h16H,2H2,1H3. The van der Waals surface area contributed by atoms with Gasteiger partial charge in [0.05, 0.1) is 6.61 Å². The predicted molar refractivity (Wildman–Crippen MR) is 51.2 cm³/mol. The van der Waals surface area contributed by atoms with Gasteiger partial charge in [-0.3, -0.25) is 0 Å². The highest BCUT2D eigenvalue weighted by molar-refractivity contribution is 6.26. The molecule has 1 N–H and O–H groups in total. The summed E-state index contributed by atoms with van der Waals surface area (Å²) >= 11 is 8.61. The van der Waals surface area contributed by atoms with Gasteiger partial charge in [0.1, 0.15) is 0 Å². The number of hydrogen-bond acceptors (Lipinski definition) is 4. The van der Waals surface area contributed by atoms with Crippen molar-refractivity contribution in [2.75, 3.05) is 6.61 Å². The molecular formula is C7H6Cl2F4N2O2. The molecule has 0 spiro atoms. The van der Waals surface area contributed by atoms with Crippen molar-refractivity contribution in [1.29, 1.82) is 5.26 Å². The second-order valence-electron chi connectivity index (χ2n) is 2.63. The molecule has 0 rings (SSSR count). The topological polar surface area (TPSA) is 65.6 Å². The van der Waals surface area contributed by atoms with E-state index in [1.165, 1.54) is 6.92 Å². The fourth-order valence-corrected chi connectivity index (χ4v) is 1.03. The van der Waals surface area contributed by atoms with Crippen LogP contribution in [0.5, 0.6) is 0 Å². The Labute approximate surface area is 103 Å². The van der Waals surface area contributed by atoms with E-state index >= 15 is 0 Å². The molecule has 0 amide bonds. The van der Waals surface area contributed by atoms with Gasteiger partial charge in [-0.2, -0.15) is 27.8 Å². The Bertz CT molecular complexity index is 331. The van der Waals surface area contributed by atoms with Crippen LogP contribution in [0.3, 0.4) is 0 Å². The van der Waals surface area contributed by atoms with Crippen LogP contribution in [0.15, 0.2) is 4.99 Å². The number of rotatable bonds is 4. The van der Waals surface area contributed by atoms with E-state index in [1.54, 1.807) is 0 Å². The van der Waals surface area contributed by atoms with Crippen molar-refractivity contribution >= 4 is 29.1 Å². The molecule has 0 aromatic carbocycles. The van der Waals surface area contributed by atoms with E-state index in [4.69, 9.17) is 10.4 Å². The highest BCUT2D eigenvalue weighted by Gasteiger charge is 2.68. The molecule has 4 nitrogen and oxygen atoms in total. The Kier molecular flexibility index (Phi) is 5.01. The Morgan fingerprint density at radius 1 is 1.35 bits per heavy atom. The maximum atomic E-state index is 12.7. The zero-order chi connectivity index (χ0) is 13.9. The Morgan fingerprint density at radius 2 is 1.76 bits per heavy atom. The molecule has 0 fully saturated rings. The van der Waals surface area contributed by atoms with Crippen LogP contribution in [0, 0.1) is 11.3 Å². The van der Waals surface area contributed by atoms with Crippen LogP contribution < -0.4 is 0 Å². The number of nitrogens with zero attached hydrogens (tertiary/aromatic N) is 2. The smallest absolute Gasteiger partial charge is 0.378 e. The Morgan fingerprint density at radius 3 is 2.00 bits per heavy atom. The van der Waals surface area contributed by atoms with E-state index in [0.717, 1.165) is 6.07 Å². The van der Waals surface area contributed by atoms with Gasteiger partial charge in [0, 0.05) is 0 Å². The quantitative estimate of drug-likeness (QED) is 0.375. The molecule has 0 aliphatic heterocycles. The van der Waals surface area contributed by atoms with Gasteiger partial charge in [-0.25, -0.2) is 0 Å². The molecule has 98 valence electrons. The lowest BCUT2D eigenvalue weighted by Crippen LogP contribution is -2.54. The number of ether oxygens (including phenoxy) is 1. The number of hydrogen-bond donors (Lipinski definition) is 1. The Balaban J connectivity index is 5.61. The molecule has 0 radical (unpaired) electrons. The van der Waals surface area contributed by atoms with Crippen LogP contribution in [-0.2, 0) is 4.74 Å². The Hall–Kier alpha value is -0.780. The number of aliphatic imine (C=N–C) groups is 1. The third-order valence-electron chi connectivity index (χ3n) is 1.43. The van der Waals surface area contributed by atoms with Crippen molar-refractivity contribution in [3.05, 3.63) is 0 Å². The van der Waals surface area contributed by atoms with Gasteiger partial charge in [0.25, 0.3) is 5.90 Å². The molecule has 0 atom stereocenters. The molecule has 0 aromatic heterocycles. The van der Waals surface area contributed by atoms with Crippen molar-refractivity contribution in [3.63, 3.8) is 0 Å². The van der Waals surface area contributed by atoms with Crippen molar-refractivity contribution < 1.29 is 27.4 Å². The van der Waals surface area contributed by atoms with E-state index in [0.29, 0.717) is 0 Å². The first-order chi connectivity index (χ1) is 7.49. The summed E-state index contributed by atoms with van der Waals surface area (Å²) in [6, 6.07) is 1.09. The lowest BCUT2D eigenvalue weighted by atomic mass is 10.2. The van der Waals surface area contributed by atoms with Crippen LogP contribution in [-0.4, -0.2) is 34.1 Å². The highest BCUT2D eigenvalue weighted by atomic mass is 35.5. The van der Waals surface area contributed by atoms with Crippen LogP contribution in [0.4, 0.5) is 17.6 Å². The molecule has 0 aromatic rings. The highest BCUT2D eigenvalue weighted by Crippen LogP contribution is 2.46. The summed E-state index contributed by atoms with van der Waals surface area (Å²) < 4.78 is 55.1. The minimum Gasteiger partial charge on any atom is -0.470 e. The fourth-order valence-electron chi connectivity index (χ4n) is 0.661. The second-order valence-corrected chi connectivity index (χ2v) is 3.58. The summed E-state index contributed by atoms with van der Waals surface area (Å²) in [5.41, 5.74) is -4.50. The van der Waals surface area contributed by atoms with E-state index in [-0.39, 0.29) is 6.61 Å². The van der Waals surface area contributed by atoms with E-state index in [2.05, 4.69) is 32.9 Å². The minimum absolute atomic E-state index is 0.218. The predicted octanol–water partition coefficient (Wildman–Crippen LogP) is 2.30. The van der Waals surface area contributed by atoms with Gasteiger partial charge < -0.3 is 9.84 Å². The number of aliphatic hydroxyl groups is 1. The van der Waals surface area contributed by atoms with Crippen molar-refractivity contribution in [2.45, 2.75) is 23.4 Å². The molecule has 10 heteroatoms. The monoisotopic (exact) mass is 296 g/mol. The third-order valence-corrected chi connectivity index (χ3v) is 1.96. The largest absolute Gasteiger partial charge is 0.470 e. The average molecular weight is 297 g/mol. The van der Waals surface area contributed by atoms with Crippen molar-refractivity contribution in [3.8, 4) is 6.07 Å². The second kappa shape index (κ2) is 5.25. The normalized spacial score (nSPS) is 14.4. The molecule has 0 unspecified atom stereocenters. The third kappa shape index (κ3) is 3.59. The lowest BCUT2D eigenvalue weighted by Gasteiger charge is -2.30. The summed E-state index contributed by atoms with van der Waals surface area (Å²) in [6.45, 7) is 1.12. The molecule has 17 heavy (non-hydrogen) atoms. The van der Waals surface area contributed by atoms with Crippen LogP contribution in [0.1, 0.15) is 6.92 Å². The van der Waals surface area contributed by atoms with Gasteiger partial charge in [0.15, 0.2) is 6.07 Å². The van der Waals surface area contributed by atoms with Gasteiger partial charge in [0.2, 0.25) is 0 Å². The molecule has 0 aliphatic rings. The molecule has 0 heterocycles. The molecule has 0 saturated carbocycles. The van der Waals surface area contributed by atoms with Gasteiger partial charge in [-0.1, -0.05) is 0 Å². The van der Waals surface area contributed by atoms with Crippen molar-refractivity contribution in [2.24, 2.45) is 4.99 Å².